The van der Waals surface area contributed by atoms with Gasteiger partial charge in [-0.2, -0.15) is 15.0 Å². The number of nitrogens with zero attached hydrogens (tertiary/aromatic N) is 7. The minimum atomic E-state index is -0.0724. The van der Waals surface area contributed by atoms with Crippen LogP contribution in [0.25, 0.3) is 136 Å². The number of aryl methyl sites for hydroxylation is 1. The molecule has 0 spiro atoms. The largest absolute Gasteiger partial charge is 0.295 e. The number of benzene rings is 14. The molecule has 0 amide bonds. The molecule has 14 aromatic carbocycles. The Morgan fingerprint density at radius 3 is 0.840 bits per heavy atom. The average Bonchev–Trinajstić information content (AvgIpc) is 4.38. The van der Waals surface area contributed by atoms with Crippen LogP contribution < -0.4 is 0 Å². The topological polar surface area (TPSA) is 74.3 Å². The van der Waals surface area contributed by atoms with Gasteiger partial charge in [0.25, 0.3) is 0 Å². The Kier molecular flexibility index (Phi) is 12.2. The van der Waals surface area contributed by atoms with Crippen molar-refractivity contribution in [2.75, 3.05) is 0 Å². The van der Waals surface area contributed by atoms with Crippen molar-refractivity contribution in [3.63, 3.8) is 0 Å². The van der Waals surface area contributed by atoms with Crippen molar-refractivity contribution in [3.8, 4) is 5.69 Å². The van der Waals surface area contributed by atoms with Gasteiger partial charge in [0.2, 0.25) is 0 Å². The highest BCUT2D eigenvalue weighted by Gasteiger charge is 2.26. The summed E-state index contributed by atoms with van der Waals surface area (Å²) < 4.78 is 2.35. The lowest BCUT2D eigenvalue weighted by Gasteiger charge is -2.20. The fourth-order valence-corrected chi connectivity index (χ4v) is 12.1. The van der Waals surface area contributed by atoms with Crippen LogP contribution in [0.2, 0.25) is 0 Å². The first kappa shape index (κ1) is 49.0. The van der Waals surface area contributed by atoms with Crippen LogP contribution in [0, 0.1) is 0 Å². The van der Waals surface area contributed by atoms with Crippen molar-refractivity contribution in [2.24, 2.45) is 7.05 Å². The van der Waals surface area contributed by atoms with E-state index in [2.05, 4.69) is 270 Å². The molecule has 3 aromatic heterocycles. The molecule has 0 fully saturated rings. The Balaban J connectivity index is 0.0000000986. The van der Waals surface area contributed by atoms with Crippen LogP contribution in [0.4, 0.5) is 0 Å². The van der Waals surface area contributed by atoms with Gasteiger partial charge >= 0.3 is 0 Å². The van der Waals surface area contributed by atoms with Gasteiger partial charge in [0.05, 0.1) is 22.1 Å². The lowest BCUT2D eigenvalue weighted by atomic mass is 9.95. The molecule has 0 radical (unpaired) electrons. The number of aromatic nitrogens is 7. The van der Waals surface area contributed by atoms with E-state index in [9.17, 15) is 0 Å². The van der Waals surface area contributed by atoms with Gasteiger partial charge in [0.1, 0.15) is 16.9 Å². The monoisotopic (exact) mass is 1040 g/mol. The van der Waals surface area contributed by atoms with Crippen LogP contribution in [0.3, 0.4) is 0 Å². The van der Waals surface area contributed by atoms with Gasteiger partial charge in [-0.3, -0.25) is 14.5 Å². The normalized spacial score (nSPS) is 11.7. The fourth-order valence-electron chi connectivity index (χ4n) is 12.1. The summed E-state index contributed by atoms with van der Waals surface area (Å²) in [6.45, 7) is 6.70. The number of imidazole rings is 1. The second kappa shape index (κ2) is 20.1. The van der Waals surface area contributed by atoms with Crippen molar-refractivity contribution >= 4 is 130 Å². The predicted molar refractivity (Wildman–Crippen MR) is 342 cm³/mol. The molecule has 17 aromatic rings. The van der Waals surface area contributed by atoms with E-state index in [1.807, 2.05) is 31.3 Å². The lowest BCUT2D eigenvalue weighted by Crippen LogP contribution is -2.18. The van der Waals surface area contributed by atoms with Crippen molar-refractivity contribution in [1.29, 1.82) is 0 Å². The summed E-state index contributed by atoms with van der Waals surface area (Å²) in [6.07, 6.45) is 3.51. The van der Waals surface area contributed by atoms with Crippen LogP contribution in [0.15, 0.2) is 261 Å². The molecule has 0 atom stereocenters. The zero-order chi connectivity index (χ0) is 54.6. The van der Waals surface area contributed by atoms with Crippen LogP contribution in [0.1, 0.15) is 26.6 Å². The molecule has 0 N–H and O–H groups in total. The first-order valence-corrected chi connectivity index (χ1v) is 27.6. The molecular weight excluding hydrogens is 987 g/mol. The molecule has 81 heavy (non-hydrogen) atoms. The Labute approximate surface area is 468 Å². The van der Waals surface area contributed by atoms with Crippen molar-refractivity contribution in [2.45, 2.75) is 26.2 Å². The van der Waals surface area contributed by atoms with Gasteiger partial charge in [-0.05, 0) is 76.8 Å². The lowest BCUT2D eigenvalue weighted by molar-refractivity contribution is 0.539. The third-order valence-corrected chi connectivity index (χ3v) is 15.6. The summed E-state index contributed by atoms with van der Waals surface area (Å²) in [4.78, 5) is 15.8. The molecule has 7 nitrogen and oxygen atoms in total. The molecule has 0 saturated heterocycles. The molecular formula is C74H55N7. The number of fused-ring (bicyclic) bond motifs is 24. The zero-order valence-electron chi connectivity index (χ0n) is 45.5. The molecule has 0 unspecified atom stereocenters. The molecule has 0 bridgehead atoms. The standard InChI is InChI=1S/C25H22N2.C18H12.C16H10N2.C15H11N3/c1-25(2,3)24-26-22-20-15-9-7-13-18(20)19-14-8-10-16-21(19)23(22)27(24)17-11-5-4-6-12-17;1-2-8-14-13(7-1)15-9-3-4-11-17(15)18-12-6-5-10-16(14)18;1-3-7-13-11(5-1)12-6-2-4-8-14(12)16-15(13)17-9-10-18-16;1-18-16-14-12-8-4-2-6-10(12)11-7-3-5-9-13(11)15(14)17-18/h4-16H,1-3H3;1-12H;1-10H;2-9H,1H3. The zero-order valence-corrected chi connectivity index (χ0v) is 45.5. The minimum absolute atomic E-state index is 0.0724. The first-order valence-electron chi connectivity index (χ1n) is 27.6. The molecule has 0 aliphatic carbocycles. The highest BCUT2D eigenvalue weighted by atomic mass is 15.4. The second-order valence-electron chi connectivity index (χ2n) is 21.6. The van der Waals surface area contributed by atoms with Gasteiger partial charge in [-0.15, -0.1) is 0 Å². The Bertz CT molecular complexity index is 4580. The average molecular weight is 1040 g/mol. The van der Waals surface area contributed by atoms with Gasteiger partial charge < -0.3 is 0 Å². The number of para-hydroxylation sites is 1. The molecule has 0 aliphatic rings. The highest BCUT2D eigenvalue weighted by molar-refractivity contribution is 6.27. The summed E-state index contributed by atoms with van der Waals surface area (Å²) >= 11 is 0. The van der Waals surface area contributed by atoms with Crippen molar-refractivity contribution in [3.05, 3.63) is 267 Å². The fraction of sp³-hybridized carbons (Fsp3) is 0.0676. The van der Waals surface area contributed by atoms with Gasteiger partial charge in [-0.25, -0.2) is 4.98 Å². The second-order valence-corrected chi connectivity index (χ2v) is 21.6. The third kappa shape index (κ3) is 8.49. The first-order chi connectivity index (χ1) is 39.8. The maximum Gasteiger partial charge on any atom is 0.121 e. The van der Waals surface area contributed by atoms with Gasteiger partial charge in [-0.1, -0.05) is 257 Å². The van der Waals surface area contributed by atoms with E-state index in [0.29, 0.717) is 0 Å². The van der Waals surface area contributed by atoms with Crippen LogP contribution in [-0.2, 0) is 12.5 Å². The SMILES string of the molecule is CC(C)(C)c1nc2c3ccccc3c3ccccc3c2n1-c1ccccc1.Cn1nc2c3ccccc3c3ccccc3c2n1.c1ccc2c(c1)c1ccccc1c1ccccc21.c1ccc2c(c1)c1ccccc1c1nccnc21. The Morgan fingerprint density at radius 1 is 0.272 bits per heavy atom. The third-order valence-electron chi connectivity index (χ3n) is 15.6. The molecule has 0 saturated carbocycles. The van der Waals surface area contributed by atoms with Crippen LogP contribution in [0.5, 0.6) is 0 Å². The molecule has 0 aliphatic heterocycles. The van der Waals surface area contributed by atoms with E-state index in [-0.39, 0.29) is 5.41 Å². The number of rotatable bonds is 1. The predicted octanol–water partition coefficient (Wildman–Crippen LogP) is 19.0. The molecule has 386 valence electrons. The van der Waals surface area contributed by atoms with E-state index < -0.39 is 0 Å². The van der Waals surface area contributed by atoms with Gasteiger partial charge in [0.15, 0.2) is 0 Å². The van der Waals surface area contributed by atoms with Crippen LogP contribution in [-0.4, -0.2) is 34.5 Å². The molecule has 17 rings (SSSR count). The van der Waals surface area contributed by atoms with Crippen LogP contribution >= 0.6 is 0 Å². The van der Waals surface area contributed by atoms with E-state index in [1.165, 1.54) is 102 Å². The number of hydrogen-bond donors (Lipinski definition) is 0. The summed E-state index contributed by atoms with van der Waals surface area (Å²) in [5.41, 5.74) is 7.28. The van der Waals surface area contributed by atoms with E-state index >= 15 is 0 Å². The van der Waals surface area contributed by atoms with Crippen molar-refractivity contribution < 1.29 is 0 Å². The Morgan fingerprint density at radius 2 is 0.519 bits per heavy atom. The summed E-state index contributed by atoms with van der Waals surface area (Å²) in [6, 6.07) is 87.3. The minimum Gasteiger partial charge on any atom is -0.295 e. The quantitative estimate of drug-likeness (QED) is 0.153. The summed E-state index contributed by atoms with van der Waals surface area (Å²) in [5.74, 6) is 1.09. The Hall–Kier alpha value is -10.4. The van der Waals surface area contributed by atoms with Crippen molar-refractivity contribution in [1.82, 2.24) is 34.5 Å². The highest BCUT2D eigenvalue weighted by Crippen LogP contribution is 2.40. The summed E-state index contributed by atoms with van der Waals surface area (Å²) in [7, 11) is 1.86. The maximum absolute atomic E-state index is 5.20. The molecule has 3 heterocycles. The maximum atomic E-state index is 5.20. The smallest absolute Gasteiger partial charge is 0.121 e. The van der Waals surface area contributed by atoms with E-state index in [4.69, 9.17) is 4.98 Å². The van der Waals surface area contributed by atoms with Gasteiger partial charge in [0, 0.05) is 62.9 Å². The molecule has 7 heteroatoms. The number of hydrogen-bond acceptors (Lipinski definition) is 5. The van der Waals surface area contributed by atoms with E-state index in [1.54, 1.807) is 17.2 Å². The summed E-state index contributed by atoms with van der Waals surface area (Å²) in [5, 5.41) is 31.6. The van der Waals surface area contributed by atoms with E-state index in [0.717, 1.165) is 39.1 Å².